The first-order valence-corrected chi connectivity index (χ1v) is 11.8. The summed E-state index contributed by atoms with van der Waals surface area (Å²) in [6, 6.07) is 13.1. The fourth-order valence-corrected chi connectivity index (χ4v) is 4.90. The van der Waals surface area contributed by atoms with E-state index in [4.69, 9.17) is 4.74 Å². The maximum Gasteiger partial charge on any atom is 0.251 e. The number of carbonyl (C=O) groups excluding carboxylic acids is 1. The quantitative estimate of drug-likeness (QED) is 0.513. The van der Waals surface area contributed by atoms with E-state index in [-0.39, 0.29) is 22.9 Å². The van der Waals surface area contributed by atoms with Crippen LogP contribution in [-0.2, 0) is 16.4 Å². The molecule has 3 rings (SSSR count). The lowest BCUT2D eigenvalue weighted by Crippen LogP contribution is -2.30. The highest BCUT2D eigenvalue weighted by Gasteiger charge is 2.21. The molecule has 0 fully saturated rings. The lowest BCUT2D eigenvalue weighted by molar-refractivity contribution is 0.0954. The minimum Gasteiger partial charge on any atom is -0.497 e. The Bertz CT molecular complexity index is 1260. The first-order chi connectivity index (χ1) is 15.3. The Morgan fingerprint density at radius 2 is 1.75 bits per heavy atom. The normalized spacial score (nSPS) is 11.6. The van der Waals surface area contributed by atoms with Crippen LogP contribution in [0.4, 0.5) is 0 Å². The van der Waals surface area contributed by atoms with Crippen molar-refractivity contribution in [3.05, 3.63) is 70.0 Å². The largest absolute Gasteiger partial charge is 0.497 e. The third-order valence-electron chi connectivity index (χ3n) is 5.27. The molecule has 0 bridgehead atoms. The van der Waals surface area contributed by atoms with Gasteiger partial charge in [0.25, 0.3) is 11.5 Å². The number of fused-ring (bicyclic) bond motifs is 1. The molecule has 0 aliphatic carbocycles. The van der Waals surface area contributed by atoms with Gasteiger partial charge in [-0.15, -0.1) is 0 Å². The zero-order valence-electron chi connectivity index (χ0n) is 18.3. The van der Waals surface area contributed by atoms with Crippen molar-refractivity contribution in [2.75, 3.05) is 26.7 Å². The standard InChI is InChI=1S/C23H27N3O5S/c1-4-26(5-2)32(29,30)20-10-7-16(8-11-20)22(27)24-13-12-18-14-17-6-9-19(31-3)15-21(17)25-23(18)28/h6-11,14-15H,4-5,12-13H2,1-3H3,(H,24,27)(H,25,28). The van der Waals surface area contributed by atoms with Gasteiger partial charge in [-0.3, -0.25) is 9.59 Å². The number of rotatable bonds is 9. The Kier molecular flexibility index (Phi) is 7.32. The fourth-order valence-electron chi connectivity index (χ4n) is 3.44. The number of hydrogen-bond donors (Lipinski definition) is 2. The molecule has 3 aromatic rings. The van der Waals surface area contributed by atoms with Crippen LogP contribution in [0.15, 0.2) is 58.2 Å². The van der Waals surface area contributed by atoms with E-state index < -0.39 is 10.0 Å². The van der Waals surface area contributed by atoms with Gasteiger partial charge in [-0.2, -0.15) is 4.31 Å². The minimum atomic E-state index is -3.57. The molecule has 0 unspecified atom stereocenters. The number of ether oxygens (including phenoxy) is 1. The van der Waals surface area contributed by atoms with Crippen LogP contribution in [0.2, 0.25) is 0 Å². The summed E-state index contributed by atoms with van der Waals surface area (Å²) < 4.78 is 31.6. The monoisotopic (exact) mass is 457 g/mol. The number of pyridine rings is 1. The van der Waals surface area contributed by atoms with Gasteiger partial charge in [0.05, 0.1) is 17.5 Å². The number of hydrogen-bond acceptors (Lipinski definition) is 5. The molecule has 0 aliphatic heterocycles. The zero-order chi connectivity index (χ0) is 23.3. The van der Waals surface area contributed by atoms with Gasteiger partial charge in [0.2, 0.25) is 10.0 Å². The molecule has 1 heterocycles. The number of aromatic nitrogens is 1. The summed E-state index contributed by atoms with van der Waals surface area (Å²) in [4.78, 5) is 27.8. The molecule has 2 aromatic carbocycles. The van der Waals surface area contributed by atoms with Gasteiger partial charge < -0.3 is 15.0 Å². The molecule has 0 saturated heterocycles. The summed E-state index contributed by atoms with van der Waals surface area (Å²) in [6.45, 7) is 4.58. The molecule has 0 spiro atoms. The van der Waals surface area contributed by atoms with Gasteiger partial charge in [0.1, 0.15) is 5.75 Å². The van der Waals surface area contributed by atoms with Gasteiger partial charge in [-0.1, -0.05) is 13.8 Å². The lowest BCUT2D eigenvalue weighted by atomic mass is 10.1. The minimum absolute atomic E-state index is 0.150. The smallest absolute Gasteiger partial charge is 0.251 e. The van der Waals surface area contributed by atoms with Crippen LogP contribution in [0, 0.1) is 0 Å². The lowest BCUT2D eigenvalue weighted by Gasteiger charge is -2.18. The number of aromatic amines is 1. The second kappa shape index (κ2) is 9.97. The highest BCUT2D eigenvalue weighted by Crippen LogP contribution is 2.19. The molecule has 9 heteroatoms. The Labute approximate surface area is 187 Å². The Balaban J connectivity index is 1.65. The van der Waals surface area contributed by atoms with E-state index in [1.165, 1.54) is 28.6 Å². The SMILES string of the molecule is CCN(CC)S(=O)(=O)c1ccc(C(=O)NCCc2cc3ccc(OC)cc3[nH]c2=O)cc1. The Morgan fingerprint density at radius 3 is 2.38 bits per heavy atom. The number of amides is 1. The number of nitrogens with one attached hydrogen (secondary N) is 2. The molecule has 32 heavy (non-hydrogen) atoms. The maximum absolute atomic E-state index is 12.6. The van der Waals surface area contributed by atoms with Gasteiger partial charge in [0.15, 0.2) is 0 Å². The molecule has 170 valence electrons. The molecule has 0 aliphatic rings. The third kappa shape index (κ3) is 5.00. The highest BCUT2D eigenvalue weighted by atomic mass is 32.2. The summed E-state index contributed by atoms with van der Waals surface area (Å²) in [7, 11) is -2.01. The van der Waals surface area contributed by atoms with Crippen LogP contribution in [0.25, 0.3) is 10.9 Å². The fraction of sp³-hybridized carbons (Fsp3) is 0.304. The van der Waals surface area contributed by atoms with Crippen LogP contribution in [-0.4, -0.2) is 50.4 Å². The molecule has 2 N–H and O–H groups in total. The second-order valence-corrected chi connectivity index (χ2v) is 9.13. The summed E-state index contributed by atoms with van der Waals surface area (Å²) in [5.74, 6) is 0.322. The molecular formula is C23H27N3O5S. The van der Waals surface area contributed by atoms with Crippen molar-refractivity contribution in [1.29, 1.82) is 0 Å². The molecular weight excluding hydrogens is 430 g/mol. The van der Waals surface area contributed by atoms with Crippen molar-refractivity contribution >= 4 is 26.8 Å². The zero-order valence-corrected chi connectivity index (χ0v) is 19.2. The van der Waals surface area contributed by atoms with E-state index in [2.05, 4.69) is 10.3 Å². The third-order valence-corrected chi connectivity index (χ3v) is 7.33. The molecule has 8 nitrogen and oxygen atoms in total. The molecule has 0 saturated carbocycles. The van der Waals surface area contributed by atoms with Crippen molar-refractivity contribution in [3.8, 4) is 5.75 Å². The molecule has 0 radical (unpaired) electrons. The first-order valence-electron chi connectivity index (χ1n) is 10.4. The van der Waals surface area contributed by atoms with E-state index >= 15 is 0 Å². The summed E-state index contributed by atoms with van der Waals surface area (Å²) in [5.41, 5.74) is 1.37. The summed E-state index contributed by atoms with van der Waals surface area (Å²) in [6.07, 6.45) is 0.359. The van der Waals surface area contributed by atoms with Crippen LogP contribution >= 0.6 is 0 Å². The van der Waals surface area contributed by atoms with Crippen LogP contribution in [0.3, 0.4) is 0 Å². The van der Waals surface area contributed by atoms with E-state index in [9.17, 15) is 18.0 Å². The molecule has 1 amide bonds. The maximum atomic E-state index is 12.6. The van der Waals surface area contributed by atoms with E-state index in [1.54, 1.807) is 33.1 Å². The van der Waals surface area contributed by atoms with Crippen molar-refractivity contribution in [2.45, 2.75) is 25.2 Å². The van der Waals surface area contributed by atoms with Crippen LogP contribution in [0.1, 0.15) is 29.8 Å². The predicted molar refractivity (Wildman–Crippen MR) is 124 cm³/mol. The number of H-pyrrole nitrogens is 1. The van der Waals surface area contributed by atoms with E-state index in [0.717, 1.165) is 5.39 Å². The van der Waals surface area contributed by atoms with Gasteiger partial charge in [-0.25, -0.2) is 8.42 Å². The number of methoxy groups -OCH3 is 1. The average Bonchev–Trinajstić information content (AvgIpc) is 2.79. The van der Waals surface area contributed by atoms with Crippen LogP contribution in [0.5, 0.6) is 5.75 Å². The second-order valence-electron chi connectivity index (χ2n) is 7.20. The number of benzene rings is 2. The number of nitrogens with zero attached hydrogens (tertiary/aromatic N) is 1. The average molecular weight is 458 g/mol. The first kappa shape index (κ1) is 23.5. The van der Waals surface area contributed by atoms with Crippen molar-refractivity contribution < 1.29 is 17.9 Å². The van der Waals surface area contributed by atoms with Gasteiger partial charge in [-0.05, 0) is 54.3 Å². The van der Waals surface area contributed by atoms with E-state index in [0.29, 0.717) is 41.9 Å². The molecule has 1 aromatic heterocycles. The number of sulfonamides is 1. The van der Waals surface area contributed by atoms with Crippen LogP contribution < -0.4 is 15.6 Å². The van der Waals surface area contributed by atoms with Crippen molar-refractivity contribution in [3.63, 3.8) is 0 Å². The Hall–Kier alpha value is -3.17. The van der Waals surface area contributed by atoms with Gasteiger partial charge in [0, 0.05) is 36.8 Å². The number of carbonyl (C=O) groups is 1. The van der Waals surface area contributed by atoms with Crippen molar-refractivity contribution in [2.24, 2.45) is 0 Å². The van der Waals surface area contributed by atoms with Crippen molar-refractivity contribution in [1.82, 2.24) is 14.6 Å². The Morgan fingerprint density at radius 1 is 1.06 bits per heavy atom. The highest BCUT2D eigenvalue weighted by molar-refractivity contribution is 7.89. The molecule has 0 atom stereocenters. The summed E-state index contributed by atoms with van der Waals surface area (Å²) >= 11 is 0. The summed E-state index contributed by atoms with van der Waals surface area (Å²) in [5, 5.41) is 3.64. The van der Waals surface area contributed by atoms with E-state index in [1.807, 2.05) is 12.1 Å². The van der Waals surface area contributed by atoms with Gasteiger partial charge >= 0.3 is 0 Å². The topological polar surface area (TPSA) is 109 Å². The predicted octanol–water partition coefficient (Wildman–Crippen LogP) is 2.54.